The number of hydrogen-bond donors (Lipinski definition) is 8. The second-order valence-corrected chi connectivity index (χ2v) is 4.60. The van der Waals surface area contributed by atoms with E-state index in [1.54, 1.807) is 0 Å². The molecule has 1 rings (SSSR count). The van der Waals surface area contributed by atoms with Crippen LogP contribution in [-0.2, 0) is 4.74 Å². The maximum atomic E-state index is 10.1. The molecule has 0 radical (unpaired) electrons. The summed E-state index contributed by atoms with van der Waals surface area (Å²) in [5.74, 6) is 0. The maximum absolute atomic E-state index is 10.1. The van der Waals surface area contributed by atoms with E-state index in [4.69, 9.17) is 20.1 Å². The standard InChI is InChI=1S/C10H20O9/c11-1-4-6(15)7(16)8(17)9(19-4)10(18,3-13)5(14)2-12/h4-9,11-18H,1-3H2/t4-,5-,6-,7+,8+,9?,10+/m1/s1. The van der Waals surface area contributed by atoms with Crippen molar-refractivity contribution >= 4 is 0 Å². The largest absolute Gasteiger partial charge is 0.394 e. The molecule has 0 aromatic heterocycles. The molecular formula is C10H20O9. The summed E-state index contributed by atoms with van der Waals surface area (Å²) >= 11 is 0. The highest BCUT2D eigenvalue weighted by molar-refractivity contribution is 5.04. The van der Waals surface area contributed by atoms with Crippen molar-refractivity contribution in [2.45, 2.75) is 42.2 Å². The highest BCUT2D eigenvalue weighted by Crippen LogP contribution is 2.30. The van der Waals surface area contributed by atoms with Crippen LogP contribution >= 0.6 is 0 Å². The van der Waals surface area contributed by atoms with Gasteiger partial charge in [0.25, 0.3) is 0 Å². The van der Waals surface area contributed by atoms with Crippen LogP contribution in [0.3, 0.4) is 0 Å². The van der Waals surface area contributed by atoms with E-state index in [0.29, 0.717) is 0 Å². The molecule has 0 bridgehead atoms. The Bertz CT molecular complexity index is 286. The summed E-state index contributed by atoms with van der Waals surface area (Å²) in [6.07, 6.45) is -10.0. The molecule has 114 valence electrons. The molecule has 1 heterocycles. The molecule has 9 nitrogen and oxygen atoms in total. The lowest BCUT2D eigenvalue weighted by Gasteiger charge is -2.47. The Balaban J connectivity index is 3.02. The average molecular weight is 284 g/mol. The molecule has 0 aromatic rings. The van der Waals surface area contributed by atoms with E-state index < -0.39 is 62.0 Å². The third-order valence-electron chi connectivity index (χ3n) is 3.39. The lowest BCUT2D eigenvalue weighted by Crippen LogP contribution is -2.69. The molecule has 19 heavy (non-hydrogen) atoms. The Morgan fingerprint density at radius 1 is 1.00 bits per heavy atom. The number of hydrogen-bond acceptors (Lipinski definition) is 9. The Labute approximate surface area is 108 Å². The highest BCUT2D eigenvalue weighted by Gasteiger charge is 2.54. The third kappa shape index (κ3) is 2.89. The Morgan fingerprint density at radius 2 is 1.58 bits per heavy atom. The quantitative estimate of drug-likeness (QED) is 0.246. The molecule has 0 spiro atoms. The van der Waals surface area contributed by atoms with Crippen molar-refractivity contribution in [1.82, 2.24) is 0 Å². The maximum Gasteiger partial charge on any atom is 0.144 e. The second kappa shape index (κ2) is 6.39. The van der Waals surface area contributed by atoms with Crippen LogP contribution in [0.5, 0.6) is 0 Å². The van der Waals surface area contributed by atoms with E-state index >= 15 is 0 Å². The minimum Gasteiger partial charge on any atom is -0.394 e. The molecule has 0 aliphatic carbocycles. The summed E-state index contributed by atoms with van der Waals surface area (Å²) in [5.41, 5.74) is -2.46. The topological polar surface area (TPSA) is 171 Å². The van der Waals surface area contributed by atoms with Crippen LogP contribution in [0, 0.1) is 0 Å². The van der Waals surface area contributed by atoms with Crippen LogP contribution in [-0.4, -0.2) is 103 Å². The van der Waals surface area contributed by atoms with Crippen LogP contribution in [0.2, 0.25) is 0 Å². The molecule has 1 fully saturated rings. The van der Waals surface area contributed by atoms with Gasteiger partial charge in [0.05, 0.1) is 19.8 Å². The SMILES string of the molecule is OC[C@@H](O)[C@@](O)(CO)C1O[C@H](CO)[C@@H](O)[C@H](O)[C@@H]1O. The van der Waals surface area contributed by atoms with Crippen molar-refractivity contribution in [3.8, 4) is 0 Å². The number of rotatable bonds is 5. The first kappa shape index (κ1) is 16.7. The Kier molecular flexibility index (Phi) is 5.62. The third-order valence-corrected chi connectivity index (χ3v) is 3.39. The summed E-state index contributed by atoms with van der Waals surface area (Å²) in [6, 6.07) is 0. The first-order valence-electron chi connectivity index (χ1n) is 5.76. The van der Waals surface area contributed by atoms with Crippen LogP contribution in [0.25, 0.3) is 0 Å². The summed E-state index contributed by atoms with van der Waals surface area (Å²) in [4.78, 5) is 0. The van der Waals surface area contributed by atoms with Gasteiger partial charge in [0, 0.05) is 0 Å². The molecule has 0 amide bonds. The molecule has 1 aliphatic heterocycles. The summed E-state index contributed by atoms with van der Waals surface area (Å²) in [7, 11) is 0. The van der Waals surface area contributed by atoms with Gasteiger partial charge >= 0.3 is 0 Å². The fourth-order valence-corrected chi connectivity index (χ4v) is 2.06. The number of ether oxygens (including phenoxy) is 1. The first-order chi connectivity index (χ1) is 8.83. The lowest BCUT2D eigenvalue weighted by atomic mass is 9.82. The summed E-state index contributed by atoms with van der Waals surface area (Å²) in [6.45, 7) is -2.71. The Morgan fingerprint density at radius 3 is 2.00 bits per heavy atom. The molecular weight excluding hydrogens is 264 g/mol. The minimum atomic E-state index is -2.46. The molecule has 1 unspecified atom stereocenters. The molecule has 7 atom stereocenters. The fraction of sp³-hybridized carbons (Fsp3) is 1.00. The van der Waals surface area contributed by atoms with Gasteiger partial charge in [0.15, 0.2) is 0 Å². The van der Waals surface area contributed by atoms with Crippen molar-refractivity contribution in [1.29, 1.82) is 0 Å². The predicted molar refractivity (Wildman–Crippen MR) is 58.9 cm³/mol. The summed E-state index contributed by atoms with van der Waals surface area (Å²) < 4.78 is 5.02. The monoisotopic (exact) mass is 284 g/mol. The smallest absolute Gasteiger partial charge is 0.144 e. The zero-order chi connectivity index (χ0) is 14.8. The van der Waals surface area contributed by atoms with Crippen LogP contribution in [0.15, 0.2) is 0 Å². The molecule has 0 aromatic carbocycles. The van der Waals surface area contributed by atoms with Gasteiger partial charge in [0.2, 0.25) is 0 Å². The van der Waals surface area contributed by atoms with Gasteiger partial charge in [-0.15, -0.1) is 0 Å². The van der Waals surface area contributed by atoms with E-state index in [1.165, 1.54) is 0 Å². The van der Waals surface area contributed by atoms with Crippen molar-refractivity contribution < 1.29 is 45.6 Å². The van der Waals surface area contributed by atoms with E-state index in [2.05, 4.69) is 0 Å². The molecule has 1 saturated heterocycles. The van der Waals surface area contributed by atoms with Crippen LogP contribution in [0.4, 0.5) is 0 Å². The molecule has 9 heteroatoms. The molecule has 8 N–H and O–H groups in total. The van der Waals surface area contributed by atoms with Gasteiger partial charge in [-0.25, -0.2) is 0 Å². The zero-order valence-electron chi connectivity index (χ0n) is 10.1. The van der Waals surface area contributed by atoms with Crippen molar-refractivity contribution in [2.24, 2.45) is 0 Å². The fourth-order valence-electron chi connectivity index (χ4n) is 2.06. The van der Waals surface area contributed by atoms with Crippen LogP contribution in [0.1, 0.15) is 0 Å². The minimum absolute atomic E-state index is 0.710. The summed E-state index contributed by atoms with van der Waals surface area (Å²) in [5, 5.41) is 75.4. The average Bonchev–Trinajstić information content (AvgIpc) is 2.43. The van der Waals surface area contributed by atoms with Gasteiger partial charge in [-0.05, 0) is 0 Å². The van der Waals surface area contributed by atoms with Gasteiger partial charge in [0.1, 0.15) is 42.2 Å². The molecule has 1 aliphatic rings. The van der Waals surface area contributed by atoms with Gasteiger partial charge < -0.3 is 45.6 Å². The molecule has 0 saturated carbocycles. The van der Waals surface area contributed by atoms with Crippen molar-refractivity contribution in [2.75, 3.05) is 19.8 Å². The number of aliphatic hydroxyl groups is 8. The van der Waals surface area contributed by atoms with Gasteiger partial charge in [-0.3, -0.25) is 0 Å². The first-order valence-corrected chi connectivity index (χ1v) is 5.76. The van der Waals surface area contributed by atoms with Crippen LogP contribution < -0.4 is 0 Å². The normalized spacial score (nSPS) is 40.7. The highest BCUT2D eigenvalue weighted by atomic mass is 16.6. The lowest BCUT2D eigenvalue weighted by molar-refractivity contribution is -0.292. The zero-order valence-corrected chi connectivity index (χ0v) is 10.1. The van der Waals surface area contributed by atoms with Crippen molar-refractivity contribution in [3.63, 3.8) is 0 Å². The van der Waals surface area contributed by atoms with E-state index in [9.17, 15) is 25.5 Å². The van der Waals surface area contributed by atoms with Gasteiger partial charge in [-0.1, -0.05) is 0 Å². The van der Waals surface area contributed by atoms with E-state index in [1.807, 2.05) is 0 Å². The van der Waals surface area contributed by atoms with E-state index in [-0.39, 0.29) is 0 Å². The number of aliphatic hydroxyl groups excluding tert-OH is 7. The van der Waals surface area contributed by atoms with Gasteiger partial charge in [-0.2, -0.15) is 0 Å². The van der Waals surface area contributed by atoms with Crippen molar-refractivity contribution in [3.05, 3.63) is 0 Å². The second-order valence-electron chi connectivity index (χ2n) is 4.60. The predicted octanol–water partition coefficient (Wildman–Crippen LogP) is -5.09. The Hall–Kier alpha value is -0.360. The van der Waals surface area contributed by atoms with E-state index in [0.717, 1.165) is 0 Å².